The average Bonchev–Trinajstić information content (AvgIpc) is 2.73. The standard InChI is InChI=1S/C18H18/c1-12-9-10-16-11-17(14(3)18(16)13(12)2)15-7-5-4-6-8-15/h4-11,14H,1-3H3. The van der Waals surface area contributed by atoms with E-state index >= 15 is 0 Å². The second-order valence-corrected chi connectivity index (χ2v) is 5.20. The lowest BCUT2D eigenvalue weighted by molar-refractivity contribution is 0.985. The van der Waals surface area contributed by atoms with Crippen LogP contribution in [-0.4, -0.2) is 0 Å². The minimum Gasteiger partial charge on any atom is -0.0622 e. The van der Waals surface area contributed by atoms with Gasteiger partial charge in [-0.15, -0.1) is 0 Å². The van der Waals surface area contributed by atoms with Crippen molar-refractivity contribution in [3.8, 4) is 0 Å². The van der Waals surface area contributed by atoms with Crippen LogP contribution in [0.5, 0.6) is 0 Å². The highest BCUT2D eigenvalue weighted by Gasteiger charge is 2.24. The Hall–Kier alpha value is -1.82. The number of benzene rings is 2. The number of hydrogen-bond acceptors (Lipinski definition) is 0. The SMILES string of the molecule is Cc1ccc2c(c1C)C(C)C(c1ccccc1)=C2. The highest BCUT2D eigenvalue weighted by Crippen LogP contribution is 2.43. The van der Waals surface area contributed by atoms with Crippen LogP contribution in [0.3, 0.4) is 0 Å². The molecule has 0 spiro atoms. The molecule has 1 atom stereocenters. The Morgan fingerprint density at radius 3 is 2.33 bits per heavy atom. The van der Waals surface area contributed by atoms with Gasteiger partial charge in [0.15, 0.2) is 0 Å². The molecule has 0 heteroatoms. The van der Waals surface area contributed by atoms with Gasteiger partial charge in [0.2, 0.25) is 0 Å². The van der Waals surface area contributed by atoms with Crippen LogP contribution in [0.25, 0.3) is 11.6 Å². The van der Waals surface area contributed by atoms with Crippen molar-refractivity contribution in [2.45, 2.75) is 26.7 Å². The molecule has 0 aromatic heterocycles. The van der Waals surface area contributed by atoms with Gasteiger partial charge >= 0.3 is 0 Å². The quantitative estimate of drug-likeness (QED) is 0.654. The van der Waals surface area contributed by atoms with Crippen molar-refractivity contribution in [3.05, 3.63) is 70.3 Å². The van der Waals surface area contributed by atoms with Crippen LogP contribution < -0.4 is 0 Å². The molecule has 0 heterocycles. The summed E-state index contributed by atoms with van der Waals surface area (Å²) in [6.45, 7) is 6.76. The lowest BCUT2D eigenvalue weighted by Crippen LogP contribution is -1.97. The molecule has 0 radical (unpaired) electrons. The molecule has 2 aromatic carbocycles. The van der Waals surface area contributed by atoms with Crippen molar-refractivity contribution >= 4 is 11.6 Å². The molecule has 0 fully saturated rings. The van der Waals surface area contributed by atoms with E-state index < -0.39 is 0 Å². The summed E-state index contributed by atoms with van der Waals surface area (Å²) in [7, 11) is 0. The molecule has 18 heavy (non-hydrogen) atoms. The van der Waals surface area contributed by atoms with E-state index in [1.54, 1.807) is 0 Å². The predicted octanol–water partition coefficient (Wildman–Crippen LogP) is 4.96. The maximum absolute atomic E-state index is 2.35. The molecule has 1 unspecified atom stereocenters. The molecule has 0 saturated carbocycles. The molecular weight excluding hydrogens is 216 g/mol. The largest absolute Gasteiger partial charge is 0.0622 e. The van der Waals surface area contributed by atoms with Crippen molar-refractivity contribution < 1.29 is 0 Å². The van der Waals surface area contributed by atoms with Crippen molar-refractivity contribution in [2.75, 3.05) is 0 Å². The first-order valence-corrected chi connectivity index (χ1v) is 6.55. The van der Waals surface area contributed by atoms with Crippen molar-refractivity contribution in [1.82, 2.24) is 0 Å². The number of hydrogen-bond donors (Lipinski definition) is 0. The van der Waals surface area contributed by atoms with E-state index in [1.807, 2.05) is 0 Å². The van der Waals surface area contributed by atoms with Crippen LogP contribution >= 0.6 is 0 Å². The number of rotatable bonds is 1. The maximum atomic E-state index is 2.35. The normalized spacial score (nSPS) is 17.5. The fourth-order valence-electron chi connectivity index (χ4n) is 2.97. The van der Waals surface area contributed by atoms with Gasteiger partial charge in [0.25, 0.3) is 0 Å². The van der Waals surface area contributed by atoms with Crippen LogP contribution in [0.4, 0.5) is 0 Å². The van der Waals surface area contributed by atoms with E-state index in [4.69, 9.17) is 0 Å². The van der Waals surface area contributed by atoms with Gasteiger partial charge in [-0.05, 0) is 47.2 Å². The van der Waals surface area contributed by atoms with Crippen LogP contribution in [0.1, 0.15) is 40.7 Å². The Labute approximate surface area is 109 Å². The zero-order chi connectivity index (χ0) is 12.7. The molecular formula is C18H18. The van der Waals surface area contributed by atoms with Crippen molar-refractivity contribution in [1.29, 1.82) is 0 Å². The van der Waals surface area contributed by atoms with Gasteiger partial charge in [-0.25, -0.2) is 0 Å². The Kier molecular flexibility index (Phi) is 2.59. The summed E-state index contributed by atoms with van der Waals surface area (Å²) >= 11 is 0. The van der Waals surface area contributed by atoms with Crippen molar-refractivity contribution in [3.63, 3.8) is 0 Å². The third-order valence-electron chi connectivity index (χ3n) is 4.14. The van der Waals surface area contributed by atoms with E-state index in [1.165, 1.54) is 33.4 Å². The fourth-order valence-corrected chi connectivity index (χ4v) is 2.97. The fraction of sp³-hybridized carbons (Fsp3) is 0.222. The second-order valence-electron chi connectivity index (χ2n) is 5.20. The van der Waals surface area contributed by atoms with Gasteiger partial charge in [-0.1, -0.05) is 55.5 Å². The Morgan fingerprint density at radius 1 is 0.889 bits per heavy atom. The van der Waals surface area contributed by atoms with Gasteiger partial charge < -0.3 is 0 Å². The number of allylic oxidation sites excluding steroid dienone is 1. The summed E-state index contributed by atoms with van der Waals surface area (Å²) in [4.78, 5) is 0. The molecule has 90 valence electrons. The summed E-state index contributed by atoms with van der Waals surface area (Å²) in [5.41, 5.74) is 8.53. The monoisotopic (exact) mass is 234 g/mol. The molecule has 1 aliphatic rings. The minimum absolute atomic E-state index is 0.502. The highest BCUT2D eigenvalue weighted by molar-refractivity contribution is 5.92. The number of aryl methyl sites for hydroxylation is 1. The van der Waals surface area contributed by atoms with E-state index in [2.05, 4.69) is 69.3 Å². The van der Waals surface area contributed by atoms with E-state index in [0.717, 1.165) is 0 Å². The molecule has 0 saturated heterocycles. The molecule has 0 nitrogen and oxygen atoms in total. The van der Waals surface area contributed by atoms with Crippen LogP contribution in [0, 0.1) is 13.8 Å². The van der Waals surface area contributed by atoms with Gasteiger partial charge in [0.1, 0.15) is 0 Å². The lowest BCUT2D eigenvalue weighted by atomic mass is 9.89. The number of fused-ring (bicyclic) bond motifs is 1. The Balaban J connectivity index is 2.12. The summed E-state index contributed by atoms with van der Waals surface area (Å²) in [6.07, 6.45) is 2.35. The smallest absolute Gasteiger partial charge is 0.00758 e. The molecule has 0 aliphatic heterocycles. The van der Waals surface area contributed by atoms with Crippen molar-refractivity contribution in [2.24, 2.45) is 0 Å². The molecule has 3 rings (SSSR count). The summed E-state index contributed by atoms with van der Waals surface area (Å²) in [6, 6.07) is 15.2. The zero-order valence-electron chi connectivity index (χ0n) is 11.2. The van der Waals surface area contributed by atoms with Gasteiger partial charge in [0.05, 0.1) is 0 Å². The van der Waals surface area contributed by atoms with E-state index in [0.29, 0.717) is 5.92 Å². The summed E-state index contributed by atoms with van der Waals surface area (Å²) < 4.78 is 0. The third-order valence-corrected chi connectivity index (χ3v) is 4.14. The van der Waals surface area contributed by atoms with Crippen LogP contribution in [0.15, 0.2) is 42.5 Å². The molecule has 2 aromatic rings. The Bertz CT molecular complexity index is 618. The third kappa shape index (κ3) is 1.60. The first-order valence-electron chi connectivity index (χ1n) is 6.55. The molecule has 1 aliphatic carbocycles. The lowest BCUT2D eigenvalue weighted by Gasteiger charge is -2.15. The molecule has 0 bridgehead atoms. The topological polar surface area (TPSA) is 0 Å². The van der Waals surface area contributed by atoms with E-state index in [-0.39, 0.29) is 0 Å². The average molecular weight is 234 g/mol. The minimum atomic E-state index is 0.502. The maximum Gasteiger partial charge on any atom is 0.00758 e. The first-order chi connectivity index (χ1) is 8.68. The second kappa shape index (κ2) is 4.13. The highest BCUT2D eigenvalue weighted by atomic mass is 14.3. The van der Waals surface area contributed by atoms with E-state index in [9.17, 15) is 0 Å². The van der Waals surface area contributed by atoms with Gasteiger partial charge in [0, 0.05) is 5.92 Å². The summed E-state index contributed by atoms with van der Waals surface area (Å²) in [5.74, 6) is 0.502. The Morgan fingerprint density at radius 2 is 1.61 bits per heavy atom. The first kappa shape index (κ1) is 11.3. The predicted molar refractivity (Wildman–Crippen MR) is 78.6 cm³/mol. The molecule has 0 amide bonds. The summed E-state index contributed by atoms with van der Waals surface area (Å²) in [5, 5.41) is 0. The van der Waals surface area contributed by atoms with Gasteiger partial charge in [-0.2, -0.15) is 0 Å². The van der Waals surface area contributed by atoms with Crippen LogP contribution in [-0.2, 0) is 0 Å². The van der Waals surface area contributed by atoms with Crippen LogP contribution in [0.2, 0.25) is 0 Å². The zero-order valence-corrected chi connectivity index (χ0v) is 11.2. The molecule has 0 N–H and O–H groups in total. The van der Waals surface area contributed by atoms with Gasteiger partial charge in [-0.3, -0.25) is 0 Å².